The zero-order valence-electron chi connectivity index (χ0n) is 9.57. The van der Waals surface area contributed by atoms with Gasteiger partial charge in [0, 0.05) is 27.3 Å². The SMILES string of the molecule is O=C(Cn1cc(Br)ccc1=O)c1ccc(Cl)cc1Cl. The third-order valence-electron chi connectivity index (χ3n) is 2.49. The quantitative estimate of drug-likeness (QED) is 0.781. The van der Waals surface area contributed by atoms with Crippen LogP contribution in [-0.4, -0.2) is 10.4 Å². The number of hydrogen-bond acceptors (Lipinski definition) is 2. The maximum atomic E-state index is 12.1. The van der Waals surface area contributed by atoms with Crippen LogP contribution in [0.3, 0.4) is 0 Å². The molecule has 0 radical (unpaired) electrons. The molecule has 98 valence electrons. The van der Waals surface area contributed by atoms with Crippen molar-refractivity contribution in [3.63, 3.8) is 0 Å². The van der Waals surface area contributed by atoms with Crippen LogP contribution in [0.1, 0.15) is 10.4 Å². The number of benzene rings is 1. The number of aromatic nitrogens is 1. The Morgan fingerprint density at radius 1 is 1.21 bits per heavy atom. The maximum absolute atomic E-state index is 12.1. The van der Waals surface area contributed by atoms with Gasteiger partial charge in [-0.15, -0.1) is 0 Å². The molecule has 1 heterocycles. The number of halogens is 3. The van der Waals surface area contributed by atoms with E-state index in [9.17, 15) is 9.59 Å². The van der Waals surface area contributed by atoms with Crippen molar-refractivity contribution >= 4 is 44.9 Å². The second-order valence-corrected chi connectivity index (χ2v) is 5.62. The maximum Gasteiger partial charge on any atom is 0.251 e. The minimum absolute atomic E-state index is 0.0698. The largest absolute Gasteiger partial charge is 0.307 e. The molecule has 0 atom stereocenters. The van der Waals surface area contributed by atoms with Crippen LogP contribution in [0.25, 0.3) is 0 Å². The molecule has 0 N–H and O–H groups in total. The summed E-state index contributed by atoms with van der Waals surface area (Å²) < 4.78 is 2.04. The minimum atomic E-state index is -0.248. The van der Waals surface area contributed by atoms with Crippen LogP contribution in [0, 0.1) is 0 Å². The summed E-state index contributed by atoms with van der Waals surface area (Å²) in [5.41, 5.74) is 0.0968. The highest BCUT2D eigenvalue weighted by atomic mass is 79.9. The molecule has 0 aliphatic rings. The van der Waals surface area contributed by atoms with Gasteiger partial charge in [-0.2, -0.15) is 0 Å². The lowest BCUT2D eigenvalue weighted by Gasteiger charge is -2.07. The van der Waals surface area contributed by atoms with Gasteiger partial charge in [-0.05, 0) is 40.2 Å². The van der Waals surface area contributed by atoms with Gasteiger partial charge in [0.15, 0.2) is 5.78 Å². The van der Waals surface area contributed by atoms with Gasteiger partial charge in [0.25, 0.3) is 5.56 Å². The van der Waals surface area contributed by atoms with Crippen molar-refractivity contribution in [3.05, 3.63) is 67.0 Å². The lowest BCUT2D eigenvalue weighted by molar-refractivity contribution is 0.0971. The summed E-state index contributed by atoms with van der Waals surface area (Å²) in [6, 6.07) is 7.65. The Balaban J connectivity index is 2.31. The summed E-state index contributed by atoms with van der Waals surface area (Å²) in [6.45, 7) is -0.0698. The molecule has 2 aromatic rings. The zero-order chi connectivity index (χ0) is 14.0. The Hall–Kier alpha value is -1.10. The number of hydrogen-bond donors (Lipinski definition) is 0. The Morgan fingerprint density at radius 2 is 1.95 bits per heavy atom. The number of rotatable bonds is 3. The fraction of sp³-hybridized carbons (Fsp3) is 0.0769. The first-order valence-electron chi connectivity index (χ1n) is 5.31. The van der Waals surface area contributed by atoms with Crippen LogP contribution in [-0.2, 0) is 6.54 Å². The molecule has 2 rings (SSSR count). The van der Waals surface area contributed by atoms with Gasteiger partial charge < -0.3 is 4.57 Å². The molecule has 6 heteroatoms. The molecule has 19 heavy (non-hydrogen) atoms. The van der Waals surface area contributed by atoms with E-state index in [4.69, 9.17) is 23.2 Å². The van der Waals surface area contributed by atoms with E-state index in [1.165, 1.54) is 16.7 Å². The fourth-order valence-corrected chi connectivity index (χ4v) is 2.47. The van der Waals surface area contributed by atoms with Crippen molar-refractivity contribution in [2.45, 2.75) is 6.54 Å². The van der Waals surface area contributed by atoms with Gasteiger partial charge in [-0.3, -0.25) is 9.59 Å². The second-order valence-electron chi connectivity index (χ2n) is 3.86. The standard InChI is InChI=1S/C13H8BrCl2NO2/c14-8-1-4-13(19)17(6-8)7-12(18)10-3-2-9(15)5-11(10)16/h1-6H,7H2. The molecular formula is C13H8BrCl2NO2. The van der Waals surface area contributed by atoms with E-state index >= 15 is 0 Å². The Labute approximate surface area is 127 Å². The first-order chi connectivity index (χ1) is 8.97. The van der Waals surface area contributed by atoms with E-state index in [0.29, 0.717) is 10.6 Å². The van der Waals surface area contributed by atoms with Crippen LogP contribution in [0.15, 0.2) is 45.8 Å². The van der Waals surface area contributed by atoms with E-state index in [1.54, 1.807) is 24.4 Å². The lowest BCUT2D eigenvalue weighted by Crippen LogP contribution is -2.23. The number of pyridine rings is 1. The number of Topliss-reactive ketones (excluding diaryl/α,β-unsaturated/α-hetero) is 1. The van der Waals surface area contributed by atoms with Crippen molar-refractivity contribution in [3.8, 4) is 0 Å². The normalized spacial score (nSPS) is 10.5. The van der Waals surface area contributed by atoms with Crippen molar-refractivity contribution < 1.29 is 4.79 Å². The summed E-state index contributed by atoms with van der Waals surface area (Å²) in [6.07, 6.45) is 1.56. The monoisotopic (exact) mass is 359 g/mol. The van der Waals surface area contributed by atoms with E-state index in [0.717, 1.165) is 4.47 Å². The third-order valence-corrected chi connectivity index (χ3v) is 3.51. The first kappa shape index (κ1) is 14.3. The Morgan fingerprint density at radius 3 is 2.63 bits per heavy atom. The van der Waals surface area contributed by atoms with Crippen molar-refractivity contribution in [1.29, 1.82) is 0 Å². The molecule has 0 amide bonds. The summed E-state index contributed by atoms with van der Waals surface area (Å²) in [7, 11) is 0. The summed E-state index contributed by atoms with van der Waals surface area (Å²) in [5.74, 6) is -0.248. The fourth-order valence-electron chi connectivity index (χ4n) is 1.58. The highest BCUT2D eigenvalue weighted by molar-refractivity contribution is 9.10. The molecule has 1 aromatic carbocycles. The Kier molecular flexibility index (Phi) is 4.45. The van der Waals surface area contributed by atoms with Crippen molar-refractivity contribution in [2.75, 3.05) is 0 Å². The smallest absolute Gasteiger partial charge is 0.251 e. The second kappa shape index (κ2) is 5.90. The zero-order valence-corrected chi connectivity index (χ0v) is 12.7. The topological polar surface area (TPSA) is 39.1 Å². The van der Waals surface area contributed by atoms with Crippen LogP contribution >= 0.6 is 39.1 Å². The molecule has 3 nitrogen and oxygen atoms in total. The summed E-state index contributed by atoms with van der Waals surface area (Å²) in [5, 5.41) is 0.738. The van der Waals surface area contributed by atoms with Gasteiger partial charge in [0.1, 0.15) is 0 Å². The van der Waals surface area contributed by atoms with Crippen molar-refractivity contribution in [2.24, 2.45) is 0 Å². The molecule has 0 spiro atoms. The lowest BCUT2D eigenvalue weighted by atomic mass is 10.1. The van der Waals surface area contributed by atoms with Crippen LogP contribution in [0.2, 0.25) is 10.0 Å². The summed E-state index contributed by atoms with van der Waals surface area (Å²) >= 11 is 15.0. The first-order valence-corrected chi connectivity index (χ1v) is 6.86. The van der Waals surface area contributed by atoms with Crippen LogP contribution < -0.4 is 5.56 Å². The van der Waals surface area contributed by atoms with E-state index in [1.807, 2.05) is 0 Å². The Bertz CT molecular complexity index is 697. The number of ketones is 1. The molecule has 0 saturated heterocycles. The minimum Gasteiger partial charge on any atom is -0.307 e. The number of nitrogens with zero attached hydrogens (tertiary/aromatic N) is 1. The molecular weight excluding hydrogens is 353 g/mol. The highest BCUT2D eigenvalue weighted by Crippen LogP contribution is 2.21. The van der Waals surface area contributed by atoms with Gasteiger partial charge in [0.2, 0.25) is 0 Å². The number of carbonyl (C=O) groups excluding carboxylic acids is 1. The van der Waals surface area contributed by atoms with Gasteiger partial charge in [-0.1, -0.05) is 23.2 Å². The van der Waals surface area contributed by atoms with E-state index in [-0.39, 0.29) is 22.9 Å². The molecule has 0 saturated carbocycles. The van der Waals surface area contributed by atoms with Gasteiger partial charge in [-0.25, -0.2) is 0 Å². The molecule has 0 bridgehead atoms. The molecule has 1 aromatic heterocycles. The summed E-state index contributed by atoms with van der Waals surface area (Å²) in [4.78, 5) is 23.7. The van der Waals surface area contributed by atoms with Gasteiger partial charge in [0.05, 0.1) is 11.6 Å². The average Bonchev–Trinajstić information content (AvgIpc) is 2.33. The molecule has 0 unspecified atom stereocenters. The van der Waals surface area contributed by atoms with Gasteiger partial charge >= 0.3 is 0 Å². The highest BCUT2D eigenvalue weighted by Gasteiger charge is 2.12. The molecule has 0 aliphatic carbocycles. The predicted molar refractivity (Wildman–Crippen MR) is 79.2 cm³/mol. The predicted octanol–water partition coefficient (Wildman–Crippen LogP) is 3.80. The van der Waals surface area contributed by atoms with E-state index < -0.39 is 0 Å². The van der Waals surface area contributed by atoms with Crippen LogP contribution in [0.4, 0.5) is 0 Å². The average molecular weight is 361 g/mol. The number of carbonyl (C=O) groups is 1. The van der Waals surface area contributed by atoms with Crippen LogP contribution in [0.5, 0.6) is 0 Å². The van der Waals surface area contributed by atoms with Crippen molar-refractivity contribution in [1.82, 2.24) is 4.57 Å². The molecule has 0 fully saturated rings. The molecule has 0 aliphatic heterocycles. The third kappa shape index (κ3) is 3.47. The van der Waals surface area contributed by atoms with E-state index in [2.05, 4.69) is 15.9 Å².